The van der Waals surface area contributed by atoms with Gasteiger partial charge in [-0.3, -0.25) is 9.59 Å². The van der Waals surface area contributed by atoms with Crippen LogP contribution in [0, 0.1) is 10.1 Å². The lowest BCUT2D eigenvalue weighted by atomic mass is 10.3. The molecular formula is C7H12N2O6. The van der Waals surface area contributed by atoms with E-state index in [9.17, 15) is 19.7 Å². The van der Waals surface area contributed by atoms with E-state index in [0.717, 1.165) is 0 Å². The first-order valence-electron chi connectivity index (χ1n) is 4.28. The van der Waals surface area contributed by atoms with Gasteiger partial charge in [-0.1, -0.05) is 0 Å². The predicted octanol–water partition coefficient (Wildman–Crippen LogP) is -0.434. The second-order valence-electron chi connectivity index (χ2n) is 2.65. The third-order valence-corrected chi connectivity index (χ3v) is 1.41. The van der Waals surface area contributed by atoms with Gasteiger partial charge in [0.1, 0.15) is 0 Å². The summed E-state index contributed by atoms with van der Waals surface area (Å²) >= 11 is 0. The molecule has 0 aliphatic heterocycles. The largest absolute Gasteiger partial charge is 0.481 e. The fourth-order valence-electron chi connectivity index (χ4n) is 0.769. The molecule has 0 fully saturated rings. The highest BCUT2D eigenvalue weighted by Crippen LogP contribution is 1.90. The van der Waals surface area contributed by atoms with Crippen molar-refractivity contribution in [2.75, 3.05) is 13.2 Å². The molecule has 0 saturated carbocycles. The maximum atomic E-state index is 10.9. The fraction of sp³-hybridized carbons (Fsp3) is 0.714. The number of aliphatic carboxylic acids is 1. The van der Waals surface area contributed by atoms with E-state index in [1.807, 2.05) is 0 Å². The van der Waals surface area contributed by atoms with Crippen LogP contribution in [0.1, 0.15) is 19.3 Å². The van der Waals surface area contributed by atoms with Gasteiger partial charge in [0.2, 0.25) is 5.91 Å². The summed E-state index contributed by atoms with van der Waals surface area (Å²) in [6, 6.07) is 0. The van der Waals surface area contributed by atoms with E-state index in [4.69, 9.17) is 5.11 Å². The molecule has 0 rings (SSSR count). The Bertz CT molecular complexity index is 242. The van der Waals surface area contributed by atoms with Crippen LogP contribution in [-0.4, -0.2) is 35.2 Å². The van der Waals surface area contributed by atoms with Crippen LogP contribution in [0.25, 0.3) is 0 Å². The van der Waals surface area contributed by atoms with Crippen molar-refractivity contribution in [2.45, 2.75) is 19.3 Å². The summed E-state index contributed by atoms with van der Waals surface area (Å²) < 4.78 is 0. The highest BCUT2D eigenvalue weighted by molar-refractivity contribution is 5.76. The molecule has 2 N–H and O–H groups in total. The van der Waals surface area contributed by atoms with Gasteiger partial charge in [-0.2, -0.15) is 0 Å². The number of rotatable bonds is 8. The van der Waals surface area contributed by atoms with E-state index in [2.05, 4.69) is 10.2 Å². The summed E-state index contributed by atoms with van der Waals surface area (Å²) in [6.45, 7) is -0.0798. The minimum Gasteiger partial charge on any atom is -0.481 e. The number of nitrogens with one attached hydrogen (secondary N) is 1. The molecule has 8 heteroatoms. The zero-order valence-electron chi connectivity index (χ0n) is 7.97. The van der Waals surface area contributed by atoms with E-state index in [-0.39, 0.29) is 38.3 Å². The summed E-state index contributed by atoms with van der Waals surface area (Å²) in [5.41, 5.74) is 0. The van der Waals surface area contributed by atoms with Crippen LogP contribution in [0.3, 0.4) is 0 Å². The Hall–Kier alpha value is -1.86. The maximum absolute atomic E-state index is 10.9. The highest BCUT2D eigenvalue weighted by atomic mass is 16.9. The standard InChI is InChI=1S/C7H12N2O6/c10-6(8-4-3-7(11)12)2-1-5-15-9(13)14/h1-5H2,(H,8,10)(H,11,12). The summed E-state index contributed by atoms with van der Waals surface area (Å²) in [4.78, 5) is 34.7. The van der Waals surface area contributed by atoms with E-state index < -0.39 is 11.1 Å². The SMILES string of the molecule is O=C(O)CCNC(=O)CCCO[N+](=O)[O-]. The Labute approximate surface area is 85.3 Å². The first-order valence-corrected chi connectivity index (χ1v) is 4.28. The summed E-state index contributed by atoms with van der Waals surface area (Å²) in [7, 11) is 0. The number of carboxylic acids is 1. The molecular weight excluding hydrogens is 208 g/mol. The second-order valence-corrected chi connectivity index (χ2v) is 2.65. The van der Waals surface area contributed by atoms with Crippen molar-refractivity contribution in [3.63, 3.8) is 0 Å². The van der Waals surface area contributed by atoms with Crippen molar-refractivity contribution in [2.24, 2.45) is 0 Å². The monoisotopic (exact) mass is 220 g/mol. The normalized spacial score (nSPS) is 9.33. The third-order valence-electron chi connectivity index (χ3n) is 1.41. The predicted molar refractivity (Wildman–Crippen MR) is 47.4 cm³/mol. The molecule has 0 aliphatic rings. The van der Waals surface area contributed by atoms with Crippen LogP contribution in [0.5, 0.6) is 0 Å². The van der Waals surface area contributed by atoms with Gasteiger partial charge in [0.25, 0.3) is 5.09 Å². The number of carbonyl (C=O) groups is 2. The third kappa shape index (κ3) is 10.1. The van der Waals surface area contributed by atoms with Gasteiger partial charge in [0.05, 0.1) is 13.0 Å². The molecule has 0 aromatic carbocycles. The minimum absolute atomic E-state index is 0.0598. The summed E-state index contributed by atoms with van der Waals surface area (Å²) in [5, 5.41) is 19.4. The number of hydrogen-bond acceptors (Lipinski definition) is 5. The van der Waals surface area contributed by atoms with Crippen molar-refractivity contribution in [1.29, 1.82) is 0 Å². The van der Waals surface area contributed by atoms with Crippen LogP contribution in [0.15, 0.2) is 0 Å². The molecule has 8 nitrogen and oxygen atoms in total. The van der Waals surface area contributed by atoms with Crippen LogP contribution in [0.2, 0.25) is 0 Å². The molecule has 0 spiro atoms. The van der Waals surface area contributed by atoms with Crippen molar-refractivity contribution >= 4 is 11.9 Å². The average Bonchev–Trinajstić information content (AvgIpc) is 2.11. The maximum Gasteiger partial charge on any atom is 0.305 e. The first-order chi connectivity index (χ1) is 7.02. The molecule has 0 saturated heterocycles. The molecule has 0 heterocycles. The molecule has 0 unspecified atom stereocenters. The van der Waals surface area contributed by atoms with E-state index >= 15 is 0 Å². The fourth-order valence-corrected chi connectivity index (χ4v) is 0.769. The molecule has 1 amide bonds. The van der Waals surface area contributed by atoms with E-state index in [1.54, 1.807) is 0 Å². The van der Waals surface area contributed by atoms with Gasteiger partial charge >= 0.3 is 5.97 Å². The zero-order chi connectivity index (χ0) is 11.7. The van der Waals surface area contributed by atoms with Crippen LogP contribution in [-0.2, 0) is 14.4 Å². The minimum atomic E-state index is -0.994. The van der Waals surface area contributed by atoms with Crippen molar-refractivity contribution < 1.29 is 24.6 Å². The van der Waals surface area contributed by atoms with Gasteiger partial charge in [0.15, 0.2) is 0 Å². The Morgan fingerprint density at radius 3 is 2.60 bits per heavy atom. The van der Waals surface area contributed by atoms with Gasteiger partial charge in [-0.05, 0) is 6.42 Å². The molecule has 0 radical (unpaired) electrons. The Kier molecular flexibility index (Phi) is 6.60. The molecule has 86 valence electrons. The Morgan fingerprint density at radius 2 is 2.07 bits per heavy atom. The number of amides is 1. The molecule has 15 heavy (non-hydrogen) atoms. The first kappa shape index (κ1) is 13.1. The number of carboxylic acid groups (broad SMARTS) is 1. The van der Waals surface area contributed by atoms with Crippen LogP contribution in [0.4, 0.5) is 0 Å². The topological polar surface area (TPSA) is 119 Å². The molecule has 0 atom stereocenters. The Balaban J connectivity index is 3.33. The van der Waals surface area contributed by atoms with E-state index in [0.29, 0.717) is 0 Å². The summed E-state index contributed by atoms with van der Waals surface area (Å²) in [6.07, 6.45) is 0.157. The molecule has 0 aromatic rings. The number of hydrogen-bond donors (Lipinski definition) is 2. The number of nitrogens with zero attached hydrogens (tertiary/aromatic N) is 1. The van der Waals surface area contributed by atoms with Crippen LogP contribution >= 0.6 is 0 Å². The lowest BCUT2D eigenvalue weighted by Gasteiger charge is -2.02. The van der Waals surface area contributed by atoms with Crippen molar-refractivity contribution in [3.05, 3.63) is 10.1 Å². The van der Waals surface area contributed by atoms with Gasteiger partial charge in [0, 0.05) is 13.0 Å². The second kappa shape index (κ2) is 7.54. The molecule has 0 aromatic heterocycles. The lowest BCUT2D eigenvalue weighted by Crippen LogP contribution is -2.26. The van der Waals surface area contributed by atoms with Gasteiger partial charge < -0.3 is 15.3 Å². The van der Waals surface area contributed by atoms with Crippen molar-refractivity contribution in [1.82, 2.24) is 5.32 Å². The smallest absolute Gasteiger partial charge is 0.305 e. The van der Waals surface area contributed by atoms with E-state index in [1.165, 1.54) is 0 Å². The molecule has 0 bridgehead atoms. The molecule has 0 aliphatic carbocycles. The zero-order valence-corrected chi connectivity index (χ0v) is 7.97. The quantitative estimate of drug-likeness (QED) is 0.325. The van der Waals surface area contributed by atoms with Gasteiger partial charge in [-0.25, -0.2) is 0 Å². The van der Waals surface area contributed by atoms with Gasteiger partial charge in [-0.15, -0.1) is 10.1 Å². The van der Waals surface area contributed by atoms with Crippen molar-refractivity contribution in [3.8, 4) is 0 Å². The van der Waals surface area contributed by atoms with Crippen LogP contribution < -0.4 is 5.32 Å². The summed E-state index contributed by atoms with van der Waals surface area (Å²) in [5.74, 6) is -1.34. The number of carbonyl (C=O) groups excluding carboxylic acids is 1. The lowest BCUT2D eigenvalue weighted by molar-refractivity contribution is -0.757. The Morgan fingerprint density at radius 1 is 1.40 bits per heavy atom. The highest BCUT2D eigenvalue weighted by Gasteiger charge is 2.03. The average molecular weight is 220 g/mol.